The Hall–Kier alpha value is -1.92. The number of nitrogens with two attached hydrogens (primary N) is 2. The molecule has 0 atom stereocenters. The van der Waals surface area contributed by atoms with Gasteiger partial charge < -0.3 is 16.8 Å². The Bertz CT molecular complexity index is 434. The molecule has 0 heterocycles. The first-order chi connectivity index (χ1) is 8.54. The minimum atomic E-state index is -0.568. The van der Waals surface area contributed by atoms with Crippen molar-refractivity contribution in [3.63, 3.8) is 0 Å². The van der Waals surface area contributed by atoms with E-state index in [2.05, 4.69) is 5.32 Å². The second-order valence-electron chi connectivity index (χ2n) is 3.98. The Morgan fingerprint density at radius 3 is 2.61 bits per heavy atom. The highest BCUT2D eigenvalue weighted by molar-refractivity contribution is 6.03. The molecule has 2 amide bonds. The van der Waals surface area contributed by atoms with Gasteiger partial charge in [0.1, 0.15) is 0 Å². The maximum absolute atomic E-state index is 11.7. The predicted octanol–water partition coefficient (Wildman–Crippen LogP) is -0.385. The normalized spacial score (nSPS) is 10.4. The number of hydrogen-bond acceptors (Lipinski definition) is 4. The molecule has 0 saturated heterocycles. The van der Waals surface area contributed by atoms with E-state index in [1.54, 1.807) is 36.2 Å². The van der Waals surface area contributed by atoms with Crippen molar-refractivity contribution < 1.29 is 9.59 Å². The summed E-state index contributed by atoms with van der Waals surface area (Å²) in [5, 5.41) is 2.66. The minimum absolute atomic E-state index is 0.209. The van der Waals surface area contributed by atoms with Crippen LogP contribution in [0.3, 0.4) is 0 Å². The number of hydrogen-bond donors (Lipinski definition) is 3. The van der Waals surface area contributed by atoms with Crippen LogP contribution in [-0.4, -0.2) is 43.4 Å². The molecular weight excluding hydrogens is 232 g/mol. The number of nitrogens with zero attached hydrogens (tertiary/aromatic N) is 1. The fraction of sp³-hybridized carbons (Fsp3) is 0.333. The van der Waals surface area contributed by atoms with Crippen molar-refractivity contribution in [1.82, 2.24) is 4.90 Å². The SMILES string of the molecule is CN(CCN)CC(=O)Nc1ccccc1C(N)=O. The molecular formula is C12H18N4O2. The highest BCUT2D eigenvalue weighted by atomic mass is 16.2. The fourth-order valence-electron chi connectivity index (χ4n) is 1.54. The van der Waals surface area contributed by atoms with E-state index >= 15 is 0 Å². The maximum atomic E-state index is 11.7. The molecule has 0 unspecified atom stereocenters. The van der Waals surface area contributed by atoms with Crippen molar-refractivity contribution in [2.75, 3.05) is 32.0 Å². The van der Waals surface area contributed by atoms with Crippen LogP contribution in [0, 0.1) is 0 Å². The molecule has 0 spiro atoms. The van der Waals surface area contributed by atoms with E-state index in [1.165, 1.54) is 0 Å². The summed E-state index contributed by atoms with van der Waals surface area (Å²) in [5.74, 6) is -0.777. The number of carbonyl (C=O) groups is 2. The Balaban J connectivity index is 2.67. The highest BCUT2D eigenvalue weighted by Crippen LogP contribution is 2.13. The van der Waals surface area contributed by atoms with Crippen molar-refractivity contribution in [3.05, 3.63) is 29.8 Å². The largest absolute Gasteiger partial charge is 0.366 e. The van der Waals surface area contributed by atoms with Crippen LogP contribution in [0.15, 0.2) is 24.3 Å². The molecule has 1 aromatic rings. The van der Waals surface area contributed by atoms with Crippen molar-refractivity contribution in [2.24, 2.45) is 11.5 Å². The standard InChI is InChI=1S/C12H18N4O2/c1-16(7-6-13)8-11(17)15-10-5-3-2-4-9(10)12(14)18/h2-5H,6-8,13H2,1H3,(H2,14,18)(H,15,17). The van der Waals surface area contributed by atoms with Crippen molar-refractivity contribution in [2.45, 2.75) is 0 Å². The Morgan fingerprint density at radius 2 is 2.00 bits per heavy atom. The van der Waals surface area contributed by atoms with E-state index in [1.807, 2.05) is 0 Å². The molecule has 1 aromatic carbocycles. The first kappa shape index (κ1) is 14.1. The third-order valence-electron chi connectivity index (χ3n) is 2.39. The molecule has 0 aliphatic rings. The van der Waals surface area contributed by atoms with Gasteiger partial charge in [-0.15, -0.1) is 0 Å². The van der Waals surface area contributed by atoms with Gasteiger partial charge in [-0.05, 0) is 19.2 Å². The minimum Gasteiger partial charge on any atom is -0.366 e. The van der Waals surface area contributed by atoms with E-state index in [0.717, 1.165) is 0 Å². The van der Waals surface area contributed by atoms with Crippen LogP contribution in [0.25, 0.3) is 0 Å². The molecule has 0 aromatic heterocycles. The molecule has 1 rings (SSSR count). The number of amides is 2. The lowest BCUT2D eigenvalue weighted by atomic mass is 10.1. The third-order valence-corrected chi connectivity index (χ3v) is 2.39. The van der Waals surface area contributed by atoms with Crippen molar-refractivity contribution in [1.29, 1.82) is 0 Å². The molecule has 5 N–H and O–H groups in total. The lowest BCUT2D eigenvalue weighted by Crippen LogP contribution is -2.34. The molecule has 0 aliphatic heterocycles. The molecule has 18 heavy (non-hydrogen) atoms. The summed E-state index contributed by atoms with van der Waals surface area (Å²) in [6.45, 7) is 1.33. The van der Waals surface area contributed by atoms with Gasteiger partial charge in [-0.1, -0.05) is 12.1 Å². The number of para-hydroxylation sites is 1. The summed E-state index contributed by atoms with van der Waals surface area (Å²) in [7, 11) is 1.80. The number of likely N-dealkylation sites (N-methyl/N-ethyl adjacent to an activating group) is 1. The summed E-state index contributed by atoms with van der Waals surface area (Å²) in [4.78, 5) is 24.7. The second kappa shape index (κ2) is 6.73. The second-order valence-corrected chi connectivity index (χ2v) is 3.98. The Morgan fingerprint density at radius 1 is 1.33 bits per heavy atom. The van der Waals surface area contributed by atoms with Crippen LogP contribution in [-0.2, 0) is 4.79 Å². The van der Waals surface area contributed by atoms with Gasteiger partial charge >= 0.3 is 0 Å². The van der Waals surface area contributed by atoms with Crippen LogP contribution in [0.5, 0.6) is 0 Å². The zero-order valence-electron chi connectivity index (χ0n) is 10.3. The molecule has 0 radical (unpaired) electrons. The van der Waals surface area contributed by atoms with Crippen LogP contribution in [0.1, 0.15) is 10.4 Å². The summed E-state index contributed by atoms with van der Waals surface area (Å²) < 4.78 is 0. The predicted molar refractivity (Wildman–Crippen MR) is 70.1 cm³/mol. The number of primary amides is 1. The quantitative estimate of drug-likeness (QED) is 0.640. The first-order valence-corrected chi connectivity index (χ1v) is 5.62. The average Bonchev–Trinajstić information content (AvgIpc) is 2.29. The lowest BCUT2D eigenvalue weighted by Gasteiger charge is -2.15. The molecule has 0 aliphatic carbocycles. The Labute approximate surface area is 106 Å². The molecule has 6 nitrogen and oxygen atoms in total. The fourth-order valence-corrected chi connectivity index (χ4v) is 1.54. The van der Waals surface area contributed by atoms with Crippen molar-refractivity contribution >= 4 is 17.5 Å². The zero-order chi connectivity index (χ0) is 13.5. The maximum Gasteiger partial charge on any atom is 0.250 e. The van der Waals surface area contributed by atoms with E-state index in [4.69, 9.17) is 11.5 Å². The Kier molecular flexibility index (Phi) is 5.29. The number of benzene rings is 1. The van der Waals surface area contributed by atoms with Gasteiger partial charge in [0, 0.05) is 13.1 Å². The van der Waals surface area contributed by atoms with Gasteiger partial charge in [-0.25, -0.2) is 0 Å². The van der Waals surface area contributed by atoms with Gasteiger partial charge in [-0.3, -0.25) is 14.5 Å². The van der Waals surface area contributed by atoms with Crippen LogP contribution >= 0.6 is 0 Å². The number of anilines is 1. The third kappa shape index (κ3) is 4.15. The van der Waals surface area contributed by atoms with E-state index in [-0.39, 0.29) is 12.5 Å². The average molecular weight is 250 g/mol. The lowest BCUT2D eigenvalue weighted by molar-refractivity contribution is -0.117. The summed E-state index contributed by atoms with van der Waals surface area (Å²) in [6, 6.07) is 6.63. The number of nitrogens with one attached hydrogen (secondary N) is 1. The first-order valence-electron chi connectivity index (χ1n) is 5.62. The summed E-state index contributed by atoms with van der Waals surface area (Å²) in [5.41, 5.74) is 11.3. The molecule has 0 fully saturated rings. The number of rotatable bonds is 6. The van der Waals surface area contributed by atoms with Gasteiger partial charge in [0.15, 0.2) is 0 Å². The topological polar surface area (TPSA) is 101 Å². The van der Waals surface area contributed by atoms with Gasteiger partial charge in [0.25, 0.3) is 5.91 Å². The van der Waals surface area contributed by atoms with Gasteiger partial charge in [0.2, 0.25) is 5.91 Å². The van der Waals surface area contributed by atoms with Crippen LogP contribution in [0.4, 0.5) is 5.69 Å². The summed E-state index contributed by atoms with van der Waals surface area (Å²) >= 11 is 0. The number of carbonyl (C=O) groups excluding carboxylic acids is 2. The zero-order valence-corrected chi connectivity index (χ0v) is 10.3. The van der Waals surface area contributed by atoms with Crippen molar-refractivity contribution in [3.8, 4) is 0 Å². The molecule has 98 valence electrons. The molecule has 6 heteroatoms. The van der Waals surface area contributed by atoms with Gasteiger partial charge in [0.05, 0.1) is 17.8 Å². The highest BCUT2D eigenvalue weighted by Gasteiger charge is 2.11. The monoisotopic (exact) mass is 250 g/mol. The van der Waals surface area contributed by atoms with Crippen LogP contribution < -0.4 is 16.8 Å². The molecule has 0 bridgehead atoms. The van der Waals surface area contributed by atoms with Crippen LogP contribution in [0.2, 0.25) is 0 Å². The van der Waals surface area contributed by atoms with E-state index in [0.29, 0.717) is 24.3 Å². The smallest absolute Gasteiger partial charge is 0.250 e. The molecule has 0 saturated carbocycles. The van der Waals surface area contributed by atoms with E-state index < -0.39 is 5.91 Å². The summed E-state index contributed by atoms with van der Waals surface area (Å²) in [6.07, 6.45) is 0. The van der Waals surface area contributed by atoms with Gasteiger partial charge in [-0.2, -0.15) is 0 Å². The van der Waals surface area contributed by atoms with E-state index in [9.17, 15) is 9.59 Å².